The van der Waals surface area contributed by atoms with E-state index in [2.05, 4.69) is 263 Å². The molecule has 0 saturated heterocycles. The van der Waals surface area contributed by atoms with E-state index in [-0.39, 0.29) is 0 Å². The monoisotopic (exact) mass is 811 g/mol. The van der Waals surface area contributed by atoms with Gasteiger partial charge in [0.25, 0.3) is 0 Å². The molecule has 11 aromatic rings. The summed E-state index contributed by atoms with van der Waals surface area (Å²) in [6, 6.07) is 89.3. The minimum absolute atomic E-state index is 1.05. The summed E-state index contributed by atoms with van der Waals surface area (Å²) in [5, 5.41) is 5.17. The molecule has 0 bridgehead atoms. The smallest absolute Gasteiger partial charge is 0.0482 e. The van der Waals surface area contributed by atoms with Crippen LogP contribution in [0.3, 0.4) is 0 Å². The quantitative estimate of drug-likeness (QED) is 0.136. The maximum atomic E-state index is 2.40. The molecule has 0 aliphatic rings. The molecule has 0 saturated carbocycles. The third-order valence-corrected chi connectivity index (χ3v) is 12.8. The SMILES string of the molecule is c1ccc(N(c2ccccc2)c2cccc(N(c3cccc(-c4cccc5c4sc4c6ccccc6ccc54)c3)c3cccc(N(c4ccccc4)c4ccccc4)c3)c2)cc1. The van der Waals surface area contributed by atoms with Crippen molar-refractivity contribution in [3.05, 3.63) is 249 Å². The second-order valence-electron chi connectivity index (χ2n) is 15.4. The molecule has 1 aromatic heterocycles. The lowest BCUT2D eigenvalue weighted by atomic mass is 10.0. The molecule has 0 fully saturated rings. The Hall–Kier alpha value is -7.92. The van der Waals surface area contributed by atoms with Crippen molar-refractivity contribution in [2.24, 2.45) is 0 Å². The Balaban J connectivity index is 1.10. The lowest BCUT2D eigenvalue weighted by Crippen LogP contribution is -2.14. The Morgan fingerprint density at radius 2 is 0.613 bits per heavy atom. The second-order valence-corrected chi connectivity index (χ2v) is 16.4. The van der Waals surface area contributed by atoms with Crippen molar-refractivity contribution in [1.82, 2.24) is 0 Å². The Morgan fingerprint density at radius 3 is 1.13 bits per heavy atom. The summed E-state index contributed by atoms with van der Waals surface area (Å²) < 4.78 is 2.63. The standard InChI is InChI=1S/C58H41N3S/c1-5-21-44(22-6-1)59(45-23-7-2-8-24-45)49-30-16-32-51(40-49)61(52-33-17-31-50(41-52)60(46-25-9-3-10-26-46)47-27-11-4-12-28-47)48-29-15-20-43(39-48)54-35-18-36-55-56-38-37-42-19-13-14-34-53(42)57(56)62-58(54)55/h1-41H. The van der Waals surface area contributed by atoms with Gasteiger partial charge in [0.2, 0.25) is 0 Å². The minimum Gasteiger partial charge on any atom is -0.310 e. The number of hydrogen-bond donors (Lipinski definition) is 0. The van der Waals surface area contributed by atoms with E-state index in [9.17, 15) is 0 Å². The van der Waals surface area contributed by atoms with Crippen LogP contribution in [0.15, 0.2) is 249 Å². The van der Waals surface area contributed by atoms with Crippen molar-refractivity contribution in [1.29, 1.82) is 0 Å². The fourth-order valence-electron chi connectivity index (χ4n) is 8.76. The van der Waals surface area contributed by atoms with E-state index in [4.69, 9.17) is 0 Å². The van der Waals surface area contributed by atoms with E-state index in [0.717, 1.165) is 51.2 Å². The van der Waals surface area contributed by atoms with Gasteiger partial charge in [-0.15, -0.1) is 11.3 Å². The topological polar surface area (TPSA) is 9.72 Å². The first-order valence-corrected chi connectivity index (χ1v) is 21.8. The van der Waals surface area contributed by atoms with Crippen molar-refractivity contribution in [3.63, 3.8) is 0 Å². The number of hydrogen-bond acceptors (Lipinski definition) is 4. The number of nitrogens with zero attached hydrogens (tertiary/aromatic N) is 3. The second kappa shape index (κ2) is 16.3. The van der Waals surface area contributed by atoms with Gasteiger partial charge < -0.3 is 14.7 Å². The summed E-state index contributed by atoms with van der Waals surface area (Å²) in [5.41, 5.74) is 12.1. The molecule has 0 atom stereocenters. The first kappa shape index (κ1) is 37.1. The van der Waals surface area contributed by atoms with E-state index >= 15 is 0 Å². The van der Waals surface area contributed by atoms with Crippen LogP contribution in [0.5, 0.6) is 0 Å². The molecule has 1 heterocycles. The van der Waals surface area contributed by atoms with Gasteiger partial charge >= 0.3 is 0 Å². The molecule has 0 aliphatic heterocycles. The van der Waals surface area contributed by atoms with Crippen molar-refractivity contribution in [2.75, 3.05) is 14.7 Å². The fourth-order valence-corrected chi connectivity index (χ4v) is 10.1. The molecule has 0 amide bonds. The van der Waals surface area contributed by atoms with E-state index in [1.165, 1.54) is 42.1 Å². The Kier molecular flexibility index (Phi) is 9.74. The average Bonchev–Trinajstić information content (AvgIpc) is 3.73. The lowest BCUT2D eigenvalue weighted by molar-refractivity contribution is 1.24. The number of benzene rings is 10. The summed E-state index contributed by atoms with van der Waals surface area (Å²) in [6.07, 6.45) is 0. The lowest BCUT2D eigenvalue weighted by Gasteiger charge is -2.31. The molecule has 11 rings (SSSR count). The van der Waals surface area contributed by atoms with Crippen molar-refractivity contribution < 1.29 is 0 Å². The average molecular weight is 812 g/mol. The van der Waals surface area contributed by atoms with Crippen LogP contribution < -0.4 is 14.7 Å². The number of anilines is 9. The predicted molar refractivity (Wildman–Crippen MR) is 266 cm³/mol. The highest BCUT2D eigenvalue weighted by Gasteiger charge is 2.21. The van der Waals surface area contributed by atoms with E-state index in [1.54, 1.807) is 0 Å². The summed E-state index contributed by atoms with van der Waals surface area (Å²) in [7, 11) is 0. The Morgan fingerprint density at radius 1 is 0.242 bits per heavy atom. The zero-order valence-electron chi connectivity index (χ0n) is 33.9. The third kappa shape index (κ3) is 6.93. The molecule has 294 valence electrons. The van der Waals surface area contributed by atoms with Crippen LogP contribution in [-0.4, -0.2) is 0 Å². The van der Waals surface area contributed by atoms with Crippen LogP contribution in [0.1, 0.15) is 0 Å². The van der Waals surface area contributed by atoms with Crippen molar-refractivity contribution in [3.8, 4) is 11.1 Å². The normalized spacial score (nSPS) is 11.2. The van der Waals surface area contributed by atoms with Gasteiger partial charge in [0, 0.05) is 71.4 Å². The van der Waals surface area contributed by atoms with E-state index in [1.807, 2.05) is 11.3 Å². The van der Waals surface area contributed by atoms with Gasteiger partial charge in [0.15, 0.2) is 0 Å². The van der Waals surface area contributed by atoms with Gasteiger partial charge in [0.05, 0.1) is 0 Å². The third-order valence-electron chi connectivity index (χ3n) is 11.6. The predicted octanol–water partition coefficient (Wildman–Crippen LogP) is 17.3. The van der Waals surface area contributed by atoms with E-state index in [0.29, 0.717) is 0 Å². The summed E-state index contributed by atoms with van der Waals surface area (Å²) in [4.78, 5) is 7.05. The van der Waals surface area contributed by atoms with Crippen LogP contribution in [0.4, 0.5) is 51.2 Å². The van der Waals surface area contributed by atoms with Crippen LogP contribution >= 0.6 is 11.3 Å². The van der Waals surface area contributed by atoms with Gasteiger partial charge in [-0.25, -0.2) is 0 Å². The molecule has 0 aliphatic carbocycles. The molecule has 0 unspecified atom stereocenters. The largest absolute Gasteiger partial charge is 0.310 e. The van der Waals surface area contributed by atoms with Crippen LogP contribution in [0.25, 0.3) is 42.1 Å². The first-order chi connectivity index (χ1) is 30.8. The fraction of sp³-hybridized carbons (Fsp3) is 0. The molecule has 0 N–H and O–H groups in total. The van der Waals surface area contributed by atoms with Crippen LogP contribution in [0, 0.1) is 0 Å². The number of fused-ring (bicyclic) bond motifs is 5. The highest BCUT2D eigenvalue weighted by atomic mass is 32.1. The summed E-state index contributed by atoms with van der Waals surface area (Å²) in [6.45, 7) is 0. The molecule has 3 nitrogen and oxygen atoms in total. The van der Waals surface area contributed by atoms with Gasteiger partial charge in [-0.2, -0.15) is 0 Å². The minimum atomic E-state index is 1.05. The van der Waals surface area contributed by atoms with Crippen LogP contribution in [0.2, 0.25) is 0 Å². The van der Waals surface area contributed by atoms with Crippen LogP contribution in [-0.2, 0) is 0 Å². The zero-order valence-corrected chi connectivity index (χ0v) is 34.7. The van der Waals surface area contributed by atoms with Crippen molar-refractivity contribution in [2.45, 2.75) is 0 Å². The maximum absolute atomic E-state index is 2.40. The van der Waals surface area contributed by atoms with Crippen molar-refractivity contribution >= 4 is 93.5 Å². The molecular weight excluding hydrogens is 771 g/mol. The Labute approximate surface area is 366 Å². The molecule has 0 spiro atoms. The number of rotatable bonds is 10. The molecule has 0 radical (unpaired) electrons. The number of para-hydroxylation sites is 4. The van der Waals surface area contributed by atoms with Gasteiger partial charge in [-0.3, -0.25) is 0 Å². The molecule has 62 heavy (non-hydrogen) atoms. The van der Waals surface area contributed by atoms with Gasteiger partial charge in [-0.1, -0.05) is 152 Å². The molecule has 4 heteroatoms. The highest BCUT2D eigenvalue weighted by molar-refractivity contribution is 7.27. The zero-order chi connectivity index (χ0) is 41.2. The van der Waals surface area contributed by atoms with Gasteiger partial charge in [0.1, 0.15) is 0 Å². The van der Waals surface area contributed by atoms with Gasteiger partial charge in [-0.05, 0) is 119 Å². The van der Waals surface area contributed by atoms with E-state index < -0.39 is 0 Å². The summed E-state index contributed by atoms with van der Waals surface area (Å²) >= 11 is 1.90. The molecular formula is C58H41N3S. The first-order valence-electron chi connectivity index (χ1n) is 21.0. The number of thiophene rings is 1. The maximum Gasteiger partial charge on any atom is 0.0482 e. The molecule has 10 aromatic carbocycles. The highest BCUT2D eigenvalue weighted by Crippen LogP contribution is 2.46. The Bertz CT molecular complexity index is 3110. The summed E-state index contributed by atoms with van der Waals surface area (Å²) in [5.74, 6) is 0.